The lowest BCUT2D eigenvalue weighted by Crippen LogP contribution is -1.97. The third kappa shape index (κ3) is 10.6. The highest BCUT2D eigenvalue weighted by Gasteiger charge is 2.13. The zero-order valence-corrected chi connectivity index (χ0v) is 22.5. The summed E-state index contributed by atoms with van der Waals surface area (Å²) < 4.78 is 0. The number of hydrogen-bond acceptors (Lipinski definition) is 0. The van der Waals surface area contributed by atoms with Crippen LogP contribution >= 0.6 is 0 Å². The first kappa shape index (κ1) is 28.6. The van der Waals surface area contributed by atoms with Crippen LogP contribution in [0.15, 0.2) is 60.2 Å². The predicted molar refractivity (Wildman–Crippen MR) is 152 cm³/mol. The number of allylic oxidation sites excluding steroid dienone is 2. The molecule has 0 saturated carbocycles. The molecule has 0 aromatic heterocycles. The van der Waals surface area contributed by atoms with Gasteiger partial charge in [-0.25, -0.2) is 0 Å². The fourth-order valence-electron chi connectivity index (χ4n) is 4.69. The van der Waals surface area contributed by atoms with Gasteiger partial charge in [-0.3, -0.25) is 0 Å². The van der Waals surface area contributed by atoms with E-state index in [1.165, 1.54) is 97.6 Å². The maximum atomic E-state index is 9.15. The summed E-state index contributed by atoms with van der Waals surface area (Å²) in [5.74, 6) is 2.72. The molecule has 35 heavy (non-hydrogen) atoms. The molecule has 188 valence electrons. The summed E-state index contributed by atoms with van der Waals surface area (Å²) in [5, 5.41) is 0. The third-order valence-electron chi connectivity index (χ3n) is 6.76. The quantitative estimate of drug-likeness (QED) is 0.0725. The van der Waals surface area contributed by atoms with E-state index in [1.54, 1.807) is 0 Å². The number of unbranched alkanes of at least 4 members (excludes halogenated alkanes) is 8. The Bertz CT molecular complexity index is 970. The minimum atomic E-state index is 0.960. The first-order chi connectivity index (χ1) is 17.2. The minimum Gasteiger partial charge on any atom is -0.348 e. The molecule has 0 fully saturated rings. The van der Waals surface area contributed by atoms with E-state index >= 15 is 0 Å². The van der Waals surface area contributed by atoms with E-state index in [2.05, 4.69) is 80.0 Å². The smallest absolute Gasteiger partial charge is 0.299 e. The van der Waals surface area contributed by atoms with Crippen molar-refractivity contribution in [1.29, 1.82) is 0 Å². The van der Waals surface area contributed by atoms with Crippen molar-refractivity contribution in [3.63, 3.8) is 0 Å². The lowest BCUT2D eigenvalue weighted by molar-refractivity contribution is 0.00800. The molecule has 0 radical (unpaired) electrons. The molecule has 0 N–H and O–H groups in total. The molecule has 0 aliphatic rings. The third-order valence-corrected chi connectivity index (χ3v) is 6.76. The fraction of sp³-hybridized carbons (Fsp3) is 0.515. The summed E-state index contributed by atoms with van der Waals surface area (Å²) in [6.45, 7) is 6.76. The summed E-state index contributed by atoms with van der Waals surface area (Å²) in [7, 11) is 0. The lowest BCUT2D eigenvalue weighted by atomic mass is 9.88. The molecular weight excluding hydrogens is 424 g/mol. The van der Waals surface area contributed by atoms with Crippen molar-refractivity contribution in [2.45, 2.75) is 111 Å². The van der Waals surface area contributed by atoms with Crippen molar-refractivity contribution >= 4 is 11.4 Å². The number of nitrogens with zero attached hydrogens (tertiary/aromatic N) is 2. The highest BCUT2D eigenvalue weighted by Crippen LogP contribution is 2.31. The van der Waals surface area contributed by atoms with Crippen LogP contribution < -0.4 is 0 Å². The first-order valence-corrected chi connectivity index (χ1v) is 14.1. The van der Waals surface area contributed by atoms with Crippen LogP contribution in [0.3, 0.4) is 0 Å². The van der Waals surface area contributed by atoms with E-state index in [0.29, 0.717) is 0 Å². The van der Waals surface area contributed by atoms with Gasteiger partial charge in [0.1, 0.15) is 0 Å². The molecule has 0 saturated heterocycles. The Morgan fingerprint density at radius 1 is 0.714 bits per heavy atom. The number of benzene rings is 2. The maximum Gasteiger partial charge on any atom is 0.299 e. The molecule has 0 atom stereocenters. The van der Waals surface area contributed by atoms with Crippen LogP contribution in [-0.4, -0.2) is 10.7 Å². The van der Waals surface area contributed by atoms with Crippen molar-refractivity contribution in [2.24, 2.45) is 0 Å². The molecule has 2 aromatic carbocycles. The van der Waals surface area contributed by atoms with Gasteiger partial charge >= 0.3 is 0 Å². The van der Waals surface area contributed by atoms with E-state index in [-0.39, 0.29) is 0 Å². The Kier molecular flexibility index (Phi) is 14.5. The Morgan fingerprint density at radius 2 is 1.37 bits per heavy atom. The molecule has 0 unspecified atom stereocenters. The summed E-state index contributed by atoms with van der Waals surface area (Å²) in [5.41, 5.74) is 16.9. The van der Waals surface area contributed by atoms with Crippen LogP contribution in [0, 0.1) is 0 Å². The zero-order valence-electron chi connectivity index (χ0n) is 22.5. The average molecular weight is 471 g/mol. The van der Waals surface area contributed by atoms with Gasteiger partial charge in [0.15, 0.2) is 0 Å². The van der Waals surface area contributed by atoms with Gasteiger partial charge in [0.25, 0.3) is 5.87 Å². The van der Waals surface area contributed by atoms with Gasteiger partial charge in [0, 0.05) is 0 Å². The van der Waals surface area contributed by atoms with Gasteiger partial charge in [-0.15, -0.1) is 4.79 Å². The molecule has 0 aliphatic heterocycles. The second-order valence-corrected chi connectivity index (χ2v) is 9.75. The van der Waals surface area contributed by atoms with Gasteiger partial charge < -0.3 is 5.53 Å². The molecule has 2 rings (SSSR count). The number of hydrogen-bond donors (Lipinski definition) is 0. The largest absolute Gasteiger partial charge is 0.348 e. The van der Waals surface area contributed by atoms with E-state index in [4.69, 9.17) is 5.53 Å². The highest BCUT2D eigenvalue weighted by molar-refractivity contribution is 5.85. The van der Waals surface area contributed by atoms with Crippen molar-refractivity contribution in [1.82, 2.24) is 0 Å². The summed E-state index contributed by atoms with van der Waals surface area (Å²) in [4.78, 5) is 3.19. The second-order valence-electron chi connectivity index (χ2n) is 9.75. The number of aryl methyl sites for hydroxylation is 2. The Labute approximate surface area is 214 Å². The van der Waals surface area contributed by atoms with Crippen LogP contribution in [-0.2, 0) is 12.8 Å². The van der Waals surface area contributed by atoms with Crippen LogP contribution in [0.4, 0.5) is 0 Å². The van der Waals surface area contributed by atoms with Gasteiger partial charge in [-0.05, 0) is 71.9 Å². The molecule has 2 aromatic rings. The Hall–Kier alpha value is -2.66. The monoisotopic (exact) mass is 470 g/mol. The van der Waals surface area contributed by atoms with Crippen LogP contribution in [0.1, 0.15) is 120 Å². The first-order valence-electron chi connectivity index (χ1n) is 14.1. The average Bonchev–Trinajstić information content (AvgIpc) is 2.89. The fourth-order valence-corrected chi connectivity index (χ4v) is 4.69. The van der Waals surface area contributed by atoms with Crippen LogP contribution in [0.5, 0.6) is 0 Å². The Balaban J connectivity index is 2.44. The van der Waals surface area contributed by atoms with Crippen molar-refractivity contribution in [3.05, 3.63) is 88.0 Å². The summed E-state index contributed by atoms with van der Waals surface area (Å²) >= 11 is 0. The second kappa shape index (κ2) is 17.7. The number of rotatable bonds is 17. The van der Waals surface area contributed by atoms with Gasteiger partial charge in [0.2, 0.25) is 0 Å². The van der Waals surface area contributed by atoms with E-state index in [0.717, 1.165) is 25.7 Å². The molecule has 0 spiro atoms. The summed E-state index contributed by atoms with van der Waals surface area (Å²) in [6.07, 6.45) is 18.8. The van der Waals surface area contributed by atoms with Crippen molar-refractivity contribution in [3.8, 4) is 0 Å². The Morgan fingerprint density at radius 3 is 2.09 bits per heavy atom. The van der Waals surface area contributed by atoms with Crippen LogP contribution in [0.25, 0.3) is 11.1 Å². The molecule has 2 nitrogen and oxygen atoms in total. The van der Waals surface area contributed by atoms with Gasteiger partial charge in [0.05, 0.1) is 6.08 Å². The SMILES string of the molecule is CCCCCCCCC(C=C=[N+]=[N-])=C(c1ccc(CCCC)cc1)c1cccc(CCCCC)c1. The normalized spacial score (nSPS) is 11.5. The highest BCUT2D eigenvalue weighted by atomic mass is 14.8. The van der Waals surface area contributed by atoms with E-state index in [1.807, 2.05) is 6.08 Å². The van der Waals surface area contributed by atoms with Crippen molar-refractivity contribution in [2.75, 3.05) is 0 Å². The molecule has 0 heterocycles. The zero-order chi connectivity index (χ0) is 25.1. The predicted octanol–water partition coefficient (Wildman–Crippen LogP) is 9.77. The van der Waals surface area contributed by atoms with E-state index < -0.39 is 0 Å². The molecular formula is C33H46N2. The molecule has 0 bridgehead atoms. The standard InChI is InChI=1S/C33H46N2/c1-4-7-10-11-12-14-19-30(25-26-35-34)33(31-23-21-28(22-24-31)16-9-6-3)32-20-15-18-29(27-32)17-13-8-5-2/h15,18,20-25,27H,4-14,16-17,19H2,1-3H3. The van der Waals surface area contributed by atoms with Gasteiger partial charge in [-0.2, -0.15) is 0 Å². The minimum absolute atomic E-state index is 0.960. The maximum absolute atomic E-state index is 9.15. The molecule has 2 heteroatoms. The summed E-state index contributed by atoms with van der Waals surface area (Å²) in [6, 6.07) is 18.1. The van der Waals surface area contributed by atoms with Crippen molar-refractivity contribution < 1.29 is 4.79 Å². The van der Waals surface area contributed by atoms with Crippen LogP contribution in [0.2, 0.25) is 0 Å². The molecule has 0 amide bonds. The lowest BCUT2D eigenvalue weighted by Gasteiger charge is -2.15. The topological polar surface area (TPSA) is 36.4 Å². The van der Waals surface area contributed by atoms with Gasteiger partial charge in [-0.1, -0.05) is 121 Å². The molecule has 0 aliphatic carbocycles. The van der Waals surface area contributed by atoms with E-state index in [9.17, 15) is 0 Å².